The molecule has 0 aromatic rings. The van der Waals surface area contributed by atoms with Gasteiger partial charge in [0.05, 0.1) is 0 Å². The molecular formula is C19H42BY-2. The molecule has 0 aromatic carbocycles. The molecule has 0 heterocycles. The van der Waals surface area contributed by atoms with Crippen LogP contribution < -0.4 is 0 Å². The van der Waals surface area contributed by atoms with Crippen molar-refractivity contribution in [1.29, 1.82) is 0 Å². The van der Waals surface area contributed by atoms with Crippen molar-refractivity contribution in [3.05, 3.63) is 13.3 Å². The van der Waals surface area contributed by atoms with E-state index >= 15 is 0 Å². The molecule has 0 N–H and O–H groups in total. The summed E-state index contributed by atoms with van der Waals surface area (Å²) in [7, 11) is 0. The van der Waals surface area contributed by atoms with Crippen LogP contribution >= 0.6 is 0 Å². The summed E-state index contributed by atoms with van der Waals surface area (Å²) >= 11 is 0. The Hall–Kier alpha value is 1.17. The van der Waals surface area contributed by atoms with Gasteiger partial charge in [0.1, 0.15) is 0 Å². The van der Waals surface area contributed by atoms with Crippen LogP contribution in [0, 0.1) is 19.3 Å². The minimum absolute atomic E-state index is 0. The average Bonchev–Trinajstić information content (AvgIpc) is 2.44. The Kier molecular flexibility index (Phi) is 37.4. The molecule has 0 bridgehead atoms. The van der Waals surface area contributed by atoms with Gasteiger partial charge in [-0.3, -0.25) is 0 Å². The standard InChI is InChI=1S/C9H16.C6H12.C3H8.CH4.B.Y.H2/c1-2-6-9-7-4-3-5-8-9;1-2-4-6-5-3-1;1-3-2;;;;/h7,9H,1-6,8H2;1-6H2;3H2,1-2H3;1H4;;;1H/q-2;;;;;;/i;;;;;;1+1. The molecule has 21 heavy (non-hydrogen) atoms. The fourth-order valence-electron chi connectivity index (χ4n) is 2.61. The first-order chi connectivity index (χ1) is 8.85. The molecule has 2 aliphatic carbocycles. The maximum Gasteiger partial charge on any atom is 0 e. The third kappa shape index (κ3) is 23.6. The van der Waals surface area contributed by atoms with Crippen LogP contribution in [0.5, 0.6) is 0 Å². The molecule has 4 radical (unpaired) electrons. The third-order valence-electron chi connectivity index (χ3n) is 3.60. The first-order valence-electron chi connectivity index (χ1n) is 8.47. The van der Waals surface area contributed by atoms with E-state index in [-0.39, 0.29) is 50.0 Å². The predicted molar refractivity (Wildman–Crippen MR) is 99.1 cm³/mol. The van der Waals surface area contributed by atoms with Gasteiger partial charge in [0, 0.05) is 42.5 Å². The van der Waals surface area contributed by atoms with Gasteiger partial charge in [0.15, 0.2) is 0 Å². The molecule has 0 spiro atoms. The summed E-state index contributed by atoms with van der Waals surface area (Å²) < 4.78 is 0. The Morgan fingerprint density at radius 3 is 1.67 bits per heavy atom. The van der Waals surface area contributed by atoms with Crippen LogP contribution in [0.15, 0.2) is 0 Å². The van der Waals surface area contributed by atoms with Crippen molar-refractivity contribution in [3.63, 3.8) is 0 Å². The predicted octanol–water partition coefficient (Wildman–Crippen LogP) is 7.25. The molecule has 2 heteroatoms. The van der Waals surface area contributed by atoms with Crippen LogP contribution in [0.25, 0.3) is 0 Å². The van der Waals surface area contributed by atoms with E-state index in [1.165, 1.54) is 77.0 Å². The Morgan fingerprint density at radius 1 is 0.952 bits per heavy atom. The minimum Gasteiger partial charge on any atom is -0.343 e. The van der Waals surface area contributed by atoms with Crippen molar-refractivity contribution in [2.75, 3.05) is 0 Å². The van der Waals surface area contributed by atoms with E-state index in [2.05, 4.69) is 27.2 Å². The quantitative estimate of drug-likeness (QED) is 0.354. The molecule has 2 fully saturated rings. The zero-order chi connectivity index (χ0) is 13.5. The second-order valence-electron chi connectivity index (χ2n) is 5.75. The minimum atomic E-state index is 0. The molecule has 0 aromatic heterocycles. The number of hydrogen-bond donors (Lipinski definition) is 0. The van der Waals surface area contributed by atoms with E-state index in [4.69, 9.17) is 0 Å². The SMILES string of the molecule is C.C1CCCCC1.CCC.[2HH].[B].[CH2-]CCC1[CH-]CCCC1.[Y]. The molecule has 1 unspecified atom stereocenters. The van der Waals surface area contributed by atoms with E-state index in [1.807, 2.05) is 0 Å². The zero-order valence-electron chi connectivity index (χ0n) is 14.2. The van der Waals surface area contributed by atoms with Crippen molar-refractivity contribution in [2.45, 2.75) is 105 Å². The first kappa shape index (κ1) is 30.1. The molecule has 2 saturated carbocycles. The summed E-state index contributed by atoms with van der Waals surface area (Å²) in [5.41, 5.74) is 0. The Balaban J connectivity index is -0.0000000664. The third-order valence-corrected chi connectivity index (χ3v) is 3.60. The first-order valence-corrected chi connectivity index (χ1v) is 8.47. The van der Waals surface area contributed by atoms with Crippen LogP contribution in [0.2, 0.25) is 0 Å². The van der Waals surface area contributed by atoms with E-state index in [0.29, 0.717) is 0 Å². The summed E-state index contributed by atoms with van der Waals surface area (Å²) in [6, 6.07) is 0. The summed E-state index contributed by atoms with van der Waals surface area (Å²) in [6.07, 6.45) is 20.8. The van der Waals surface area contributed by atoms with Gasteiger partial charge in [-0.25, -0.2) is 0 Å². The summed E-state index contributed by atoms with van der Waals surface area (Å²) in [5.74, 6) is 0.913. The fourth-order valence-corrected chi connectivity index (χ4v) is 2.61. The Bertz CT molecular complexity index is 132. The molecule has 0 amide bonds. The van der Waals surface area contributed by atoms with Crippen molar-refractivity contribution in [3.8, 4) is 0 Å². The van der Waals surface area contributed by atoms with Crippen molar-refractivity contribution >= 4 is 8.41 Å². The van der Waals surface area contributed by atoms with Gasteiger partial charge in [0.25, 0.3) is 0 Å². The molecule has 2 rings (SSSR count). The molecule has 2 aliphatic rings. The maximum atomic E-state index is 3.86. The van der Waals surface area contributed by atoms with E-state index in [0.717, 1.165) is 12.3 Å². The average molecular weight is 371 g/mol. The maximum absolute atomic E-state index is 3.86. The van der Waals surface area contributed by atoms with Crippen molar-refractivity contribution in [1.82, 2.24) is 0 Å². The van der Waals surface area contributed by atoms with Crippen LogP contribution in [0.1, 0.15) is 106 Å². The number of rotatable bonds is 2. The molecule has 0 saturated heterocycles. The van der Waals surface area contributed by atoms with Gasteiger partial charge in [0.2, 0.25) is 0 Å². The summed E-state index contributed by atoms with van der Waals surface area (Å²) in [4.78, 5) is 0. The Labute approximate surface area is 166 Å². The zero-order valence-corrected chi connectivity index (χ0v) is 17.0. The normalized spacial score (nSPS) is 19.9. The van der Waals surface area contributed by atoms with Crippen LogP contribution in [-0.2, 0) is 32.7 Å². The van der Waals surface area contributed by atoms with E-state index < -0.39 is 0 Å². The van der Waals surface area contributed by atoms with Crippen LogP contribution in [0.4, 0.5) is 0 Å². The summed E-state index contributed by atoms with van der Waals surface area (Å²) in [6.45, 7) is 8.11. The van der Waals surface area contributed by atoms with Gasteiger partial charge in [-0.1, -0.05) is 85.5 Å². The monoisotopic (exact) mass is 371 g/mol. The molecule has 1 atom stereocenters. The summed E-state index contributed by atoms with van der Waals surface area (Å²) in [5, 5.41) is 0. The van der Waals surface area contributed by atoms with Gasteiger partial charge >= 0.3 is 0 Å². The van der Waals surface area contributed by atoms with Crippen LogP contribution in [-0.4, -0.2) is 8.41 Å². The van der Waals surface area contributed by atoms with Crippen molar-refractivity contribution < 1.29 is 34.1 Å². The fraction of sp³-hybridized carbons (Fsp3) is 0.895. The van der Waals surface area contributed by atoms with E-state index in [9.17, 15) is 0 Å². The van der Waals surface area contributed by atoms with Gasteiger partial charge in [-0.05, 0) is 0 Å². The second kappa shape index (κ2) is 26.1. The largest absolute Gasteiger partial charge is 0.343 e. The van der Waals surface area contributed by atoms with Crippen molar-refractivity contribution in [2.24, 2.45) is 5.92 Å². The van der Waals surface area contributed by atoms with Gasteiger partial charge in [-0.2, -0.15) is 18.8 Å². The molecule has 0 nitrogen and oxygen atoms in total. The molecule has 126 valence electrons. The smallest absolute Gasteiger partial charge is 0 e. The Morgan fingerprint density at radius 2 is 1.38 bits per heavy atom. The molecular weight excluding hydrogens is 328 g/mol. The molecule has 0 aliphatic heterocycles. The van der Waals surface area contributed by atoms with E-state index in [1.54, 1.807) is 0 Å². The van der Waals surface area contributed by atoms with Gasteiger partial charge < -0.3 is 13.3 Å². The second-order valence-corrected chi connectivity index (χ2v) is 5.75. The van der Waals surface area contributed by atoms with Gasteiger partial charge in [-0.15, -0.1) is 6.42 Å². The van der Waals surface area contributed by atoms with Crippen LogP contribution in [0.3, 0.4) is 0 Å². The number of hydrogen-bond acceptors (Lipinski definition) is 0. The topological polar surface area (TPSA) is 0 Å².